The maximum atomic E-state index is 13.9. The van der Waals surface area contributed by atoms with Gasteiger partial charge in [0, 0.05) is 6.07 Å². The number of anilines is 1. The topological polar surface area (TPSA) is 94.7 Å². The number of furan rings is 1. The van der Waals surface area contributed by atoms with Crippen molar-refractivity contribution in [1.82, 2.24) is 5.32 Å². The first-order chi connectivity index (χ1) is 12.2. The molecule has 0 saturated carbocycles. The van der Waals surface area contributed by atoms with Crippen molar-refractivity contribution in [1.29, 1.82) is 0 Å². The monoisotopic (exact) mass is 372 g/mol. The molecule has 0 aliphatic rings. The predicted molar refractivity (Wildman–Crippen MR) is 83.0 cm³/mol. The maximum absolute atomic E-state index is 13.9. The number of nitrogens with one attached hydrogen (secondary N) is 3. The van der Waals surface area contributed by atoms with Crippen molar-refractivity contribution in [3.8, 4) is 0 Å². The first kappa shape index (κ1) is 19.3. The molecule has 1 amide bonds. The predicted octanol–water partition coefficient (Wildman–Crippen LogP) is 2.07. The second-order valence-electron chi connectivity index (χ2n) is 5.30. The van der Waals surface area contributed by atoms with Crippen LogP contribution < -0.4 is 15.6 Å². The van der Waals surface area contributed by atoms with Crippen molar-refractivity contribution in [2.24, 2.45) is 0 Å². The minimum Gasteiger partial charge on any atom is -0.461 e. The number of amides is 1. The summed E-state index contributed by atoms with van der Waals surface area (Å²) in [5, 5.41) is 3.68. The van der Waals surface area contributed by atoms with E-state index < -0.39 is 29.5 Å². The summed E-state index contributed by atoms with van der Waals surface area (Å²) in [6.45, 7) is 2.69. The number of rotatable bonds is 6. The zero-order valence-electron chi connectivity index (χ0n) is 13.9. The quantitative estimate of drug-likeness (QED) is 0.598. The van der Waals surface area contributed by atoms with Gasteiger partial charge in [-0.1, -0.05) is 0 Å². The molecule has 2 aromatic heterocycles. The second kappa shape index (κ2) is 7.46. The number of aromatic nitrogens is 1. The fourth-order valence-corrected chi connectivity index (χ4v) is 2.12. The van der Waals surface area contributed by atoms with Gasteiger partial charge in [-0.2, -0.15) is 13.2 Å². The van der Waals surface area contributed by atoms with Crippen molar-refractivity contribution >= 4 is 17.7 Å². The van der Waals surface area contributed by atoms with E-state index in [9.17, 15) is 22.8 Å². The largest absolute Gasteiger partial charge is 0.464 e. The van der Waals surface area contributed by atoms with Crippen LogP contribution in [0.15, 0.2) is 41.1 Å². The minimum absolute atomic E-state index is 0.143. The number of halogens is 3. The van der Waals surface area contributed by atoms with E-state index in [1.54, 1.807) is 18.3 Å². The Labute approximate surface area is 146 Å². The summed E-state index contributed by atoms with van der Waals surface area (Å²) in [6.07, 6.45) is -2.71. The molecule has 0 saturated heterocycles. The second-order valence-corrected chi connectivity index (χ2v) is 5.30. The van der Waals surface area contributed by atoms with Crippen LogP contribution in [0.1, 0.15) is 23.0 Å². The number of alkyl halides is 3. The summed E-state index contributed by atoms with van der Waals surface area (Å²) < 4.78 is 51.1. The van der Waals surface area contributed by atoms with E-state index in [-0.39, 0.29) is 12.4 Å². The summed E-state index contributed by atoms with van der Waals surface area (Å²) in [7, 11) is 0. The molecule has 0 aliphatic carbocycles. The van der Waals surface area contributed by atoms with Crippen LogP contribution in [0.3, 0.4) is 0 Å². The van der Waals surface area contributed by atoms with Crippen LogP contribution in [0.5, 0.6) is 0 Å². The number of hydrogen-bond donors (Lipinski definition) is 2. The average molecular weight is 372 g/mol. The molecule has 2 heterocycles. The molecule has 140 valence electrons. The van der Waals surface area contributed by atoms with Gasteiger partial charge in [0.05, 0.1) is 19.1 Å². The van der Waals surface area contributed by atoms with Gasteiger partial charge in [-0.3, -0.25) is 10.1 Å². The number of aryl methyl sites for hydroxylation is 1. The summed E-state index contributed by atoms with van der Waals surface area (Å²) in [5.41, 5.74) is -2.89. The number of hydrogen-bond acceptors (Lipinski definition) is 5. The van der Waals surface area contributed by atoms with E-state index in [2.05, 4.69) is 9.72 Å². The van der Waals surface area contributed by atoms with Crippen LogP contribution in [0.2, 0.25) is 0 Å². The van der Waals surface area contributed by atoms with E-state index in [1.165, 1.54) is 31.3 Å². The molecular formula is C16H17F3N3O4+. The zero-order valence-corrected chi connectivity index (χ0v) is 13.9. The van der Waals surface area contributed by atoms with Crippen LogP contribution in [0, 0.1) is 6.92 Å². The molecule has 1 atom stereocenters. The van der Waals surface area contributed by atoms with Crippen LogP contribution in [-0.2, 0) is 9.53 Å². The molecule has 26 heavy (non-hydrogen) atoms. The smallest absolute Gasteiger partial charge is 0.461 e. The van der Waals surface area contributed by atoms with Crippen LogP contribution >= 0.6 is 0 Å². The molecule has 0 spiro atoms. The molecule has 0 aliphatic heterocycles. The third-order valence-corrected chi connectivity index (χ3v) is 3.33. The van der Waals surface area contributed by atoms with Gasteiger partial charge in [0.2, 0.25) is 0 Å². The summed E-state index contributed by atoms with van der Waals surface area (Å²) in [5.74, 6) is -3.48. The number of carbonyl (C=O) groups is 2. The highest BCUT2D eigenvalue weighted by Gasteiger charge is 2.68. The van der Waals surface area contributed by atoms with Gasteiger partial charge in [0.1, 0.15) is 0 Å². The fourth-order valence-electron chi connectivity index (χ4n) is 2.12. The van der Waals surface area contributed by atoms with E-state index in [1.807, 2.05) is 5.32 Å². The molecule has 0 radical (unpaired) electrons. The lowest BCUT2D eigenvalue weighted by Crippen LogP contribution is -2.69. The Morgan fingerprint density at radius 1 is 1.31 bits per heavy atom. The lowest BCUT2D eigenvalue weighted by Gasteiger charge is -2.30. The normalized spacial score (nSPS) is 13.6. The molecule has 3 N–H and O–H groups in total. The molecule has 0 aromatic carbocycles. The van der Waals surface area contributed by atoms with Gasteiger partial charge in [-0.15, -0.1) is 0 Å². The average Bonchev–Trinajstić information content (AvgIpc) is 3.07. The van der Waals surface area contributed by atoms with Gasteiger partial charge in [0.25, 0.3) is 11.7 Å². The van der Waals surface area contributed by atoms with Crippen molar-refractivity contribution < 1.29 is 36.9 Å². The van der Waals surface area contributed by atoms with Crippen molar-refractivity contribution in [2.75, 3.05) is 11.9 Å². The van der Waals surface area contributed by atoms with Gasteiger partial charge in [0.15, 0.2) is 5.76 Å². The van der Waals surface area contributed by atoms with Gasteiger partial charge < -0.3 is 9.15 Å². The first-order valence-electron chi connectivity index (χ1n) is 7.56. The molecule has 10 heteroatoms. The number of H-pyrrole nitrogens is 1. The third kappa shape index (κ3) is 3.95. The molecule has 0 unspecified atom stereocenters. The van der Waals surface area contributed by atoms with Crippen LogP contribution in [-0.4, -0.2) is 30.3 Å². The van der Waals surface area contributed by atoms with Crippen LogP contribution in [0.25, 0.3) is 0 Å². The van der Waals surface area contributed by atoms with Crippen LogP contribution in [0.4, 0.5) is 19.0 Å². The third-order valence-electron chi connectivity index (χ3n) is 3.33. The number of ether oxygens (including phenoxy) is 1. The molecule has 2 aromatic rings. The molecule has 0 bridgehead atoms. The SMILES string of the molecule is CCOC(=O)[C@](NC(=O)c1ccco1)(Nc1cc(C)cc[nH+]1)C(F)(F)F. The van der Waals surface area contributed by atoms with Gasteiger partial charge >= 0.3 is 17.8 Å². The maximum Gasteiger partial charge on any atom is 0.464 e. The van der Waals surface area contributed by atoms with E-state index in [0.717, 1.165) is 6.26 Å². The van der Waals surface area contributed by atoms with E-state index in [0.29, 0.717) is 5.56 Å². The number of aromatic amines is 1. The summed E-state index contributed by atoms with van der Waals surface area (Å²) >= 11 is 0. The highest BCUT2D eigenvalue weighted by molar-refractivity contribution is 5.97. The Morgan fingerprint density at radius 3 is 2.58 bits per heavy atom. The number of carbonyl (C=O) groups excluding carboxylic acids is 2. The minimum atomic E-state index is -5.22. The Kier molecular flexibility index (Phi) is 5.53. The molecule has 7 nitrogen and oxygen atoms in total. The standard InChI is InChI=1S/C16H16F3N3O4/c1-3-25-14(24)15(16(17,18)19,21-12-9-10(2)6-7-20-12)22-13(23)11-5-4-8-26-11/h4-9H,3H2,1-2H3,(H,20,21)(H,22,23)/p+1/t15-/m1/s1. The highest BCUT2D eigenvalue weighted by atomic mass is 19.4. The summed E-state index contributed by atoms with van der Waals surface area (Å²) in [6, 6.07) is 5.46. The fraction of sp³-hybridized carbons (Fsp3) is 0.312. The van der Waals surface area contributed by atoms with E-state index in [4.69, 9.17) is 4.42 Å². The molecule has 0 fully saturated rings. The van der Waals surface area contributed by atoms with E-state index >= 15 is 0 Å². The number of pyridine rings is 1. The number of esters is 1. The van der Waals surface area contributed by atoms with Crippen molar-refractivity contribution in [3.63, 3.8) is 0 Å². The Morgan fingerprint density at radius 2 is 2.04 bits per heavy atom. The lowest BCUT2D eigenvalue weighted by atomic mass is 10.1. The van der Waals surface area contributed by atoms with Crippen molar-refractivity contribution in [2.45, 2.75) is 25.7 Å². The Bertz CT molecular complexity index is 777. The molecular weight excluding hydrogens is 355 g/mol. The molecule has 2 rings (SSSR count). The van der Waals surface area contributed by atoms with Gasteiger partial charge in [-0.05, 0) is 37.6 Å². The zero-order chi connectivity index (χ0) is 19.4. The highest BCUT2D eigenvalue weighted by Crippen LogP contribution is 2.32. The Hall–Kier alpha value is -3.04. The lowest BCUT2D eigenvalue weighted by molar-refractivity contribution is -0.363. The first-order valence-corrected chi connectivity index (χ1v) is 7.56. The Balaban J connectivity index is 2.49. The van der Waals surface area contributed by atoms with Gasteiger partial charge in [-0.25, -0.2) is 15.1 Å². The summed E-state index contributed by atoms with van der Waals surface area (Å²) in [4.78, 5) is 27.0. The van der Waals surface area contributed by atoms with Crippen molar-refractivity contribution in [3.05, 3.63) is 48.0 Å².